The lowest BCUT2D eigenvalue weighted by Gasteiger charge is -2.16. The molecule has 0 saturated carbocycles. The van der Waals surface area contributed by atoms with Gasteiger partial charge in [0.15, 0.2) is 15.4 Å². The average Bonchev–Trinajstić information content (AvgIpc) is 2.95. The number of hydrogen-bond donors (Lipinski definition) is 0. The van der Waals surface area contributed by atoms with Gasteiger partial charge in [0.25, 0.3) is 0 Å². The zero-order chi connectivity index (χ0) is 15.2. The molecule has 1 aromatic carbocycles. The molecule has 1 aromatic heterocycles. The molecule has 2 unspecified atom stereocenters. The molecule has 21 heavy (non-hydrogen) atoms. The van der Waals surface area contributed by atoms with Crippen LogP contribution in [0, 0.1) is 5.92 Å². The lowest BCUT2D eigenvalue weighted by molar-refractivity contribution is 0.512. The van der Waals surface area contributed by atoms with E-state index in [2.05, 4.69) is 15.9 Å². The number of hydrogen-bond acceptors (Lipinski definition) is 4. The number of alkyl halides is 1. The van der Waals surface area contributed by atoms with Crippen molar-refractivity contribution in [3.05, 3.63) is 34.3 Å². The van der Waals surface area contributed by atoms with E-state index >= 15 is 0 Å². The maximum absolute atomic E-state index is 11.7. The third-order valence-electron chi connectivity index (χ3n) is 4.01. The maximum atomic E-state index is 11.7. The van der Waals surface area contributed by atoms with Crippen molar-refractivity contribution < 1.29 is 12.8 Å². The van der Waals surface area contributed by atoms with Crippen LogP contribution in [0.5, 0.6) is 0 Å². The van der Waals surface area contributed by atoms with Crippen molar-refractivity contribution in [1.82, 2.24) is 4.57 Å². The molecule has 0 spiro atoms. The van der Waals surface area contributed by atoms with Gasteiger partial charge in [-0.25, -0.2) is 13.2 Å². The summed E-state index contributed by atoms with van der Waals surface area (Å²) in [5.74, 6) is 0.163. The Kier molecular flexibility index (Phi) is 3.73. The fourth-order valence-electron chi connectivity index (χ4n) is 2.88. The Morgan fingerprint density at radius 1 is 1.48 bits per heavy atom. The highest BCUT2D eigenvalue weighted by atomic mass is 79.9. The van der Waals surface area contributed by atoms with E-state index in [0.29, 0.717) is 18.5 Å². The van der Waals surface area contributed by atoms with Crippen molar-refractivity contribution in [3.8, 4) is 0 Å². The number of halogens is 1. The van der Waals surface area contributed by atoms with Gasteiger partial charge in [0.05, 0.1) is 17.0 Å². The molecule has 0 bridgehead atoms. The van der Waals surface area contributed by atoms with E-state index in [1.165, 1.54) is 0 Å². The second kappa shape index (κ2) is 5.28. The molecule has 0 radical (unpaired) electrons. The fraction of sp³-hybridized carbons (Fsp3) is 0.500. The highest BCUT2D eigenvalue weighted by molar-refractivity contribution is 9.09. The highest BCUT2D eigenvalue weighted by Gasteiger charge is 2.33. The molecule has 1 aliphatic heterocycles. The first-order valence-corrected chi connectivity index (χ1v) is 9.63. The molecule has 3 rings (SSSR count). The monoisotopic (exact) mass is 373 g/mol. The molecule has 114 valence electrons. The lowest BCUT2D eigenvalue weighted by Crippen LogP contribution is -2.12. The van der Waals surface area contributed by atoms with Crippen molar-refractivity contribution in [2.24, 2.45) is 5.92 Å². The van der Waals surface area contributed by atoms with E-state index in [1.807, 2.05) is 25.1 Å². The number of benzene rings is 1. The van der Waals surface area contributed by atoms with Crippen LogP contribution in [0.4, 0.5) is 0 Å². The van der Waals surface area contributed by atoms with Crippen LogP contribution in [0.15, 0.2) is 27.4 Å². The molecular weight excluding hydrogens is 358 g/mol. The summed E-state index contributed by atoms with van der Waals surface area (Å²) < 4.78 is 30.0. The minimum absolute atomic E-state index is 0.0468. The van der Waals surface area contributed by atoms with Gasteiger partial charge in [-0.2, -0.15) is 0 Å². The second-order valence-corrected chi connectivity index (χ2v) is 8.62. The molecule has 0 aliphatic carbocycles. The Bertz CT molecular complexity index is 836. The number of rotatable bonds is 3. The van der Waals surface area contributed by atoms with Gasteiger partial charge < -0.3 is 4.42 Å². The van der Waals surface area contributed by atoms with Crippen LogP contribution < -0.4 is 5.76 Å². The van der Waals surface area contributed by atoms with Gasteiger partial charge in [0.1, 0.15) is 0 Å². The maximum Gasteiger partial charge on any atom is 0.419 e. The van der Waals surface area contributed by atoms with Gasteiger partial charge in [0, 0.05) is 11.4 Å². The Morgan fingerprint density at radius 2 is 2.24 bits per heavy atom. The lowest BCUT2D eigenvalue weighted by atomic mass is 9.98. The van der Waals surface area contributed by atoms with Crippen molar-refractivity contribution in [3.63, 3.8) is 0 Å². The standard InChI is InChI=1S/C14H16BrNO4S/c1-2-16-11-4-3-9(7-12(11)20-14(16)17)13(15)10-5-6-21(18,19)8-10/h3-4,7,10,13H,2,5-6,8H2,1H3. The van der Waals surface area contributed by atoms with Crippen LogP contribution in [0.1, 0.15) is 23.7 Å². The van der Waals surface area contributed by atoms with Crippen molar-refractivity contribution in [2.75, 3.05) is 11.5 Å². The summed E-state index contributed by atoms with van der Waals surface area (Å²) in [5, 5.41) is 0. The molecule has 2 aromatic rings. The first kappa shape index (κ1) is 14.8. The van der Waals surface area contributed by atoms with Gasteiger partial charge in [-0.15, -0.1) is 0 Å². The second-order valence-electron chi connectivity index (χ2n) is 5.40. The number of sulfone groups is 1. The number of aromatic nitrogens is 1. The first-order valence-electron chi connectivity index (χ1n) is 6.89. The minimum atomic E-state index is -2.91. The normalized spacial score (nSPS) is 22.7. The molecule has 1 aliphatic rings. The predicted octanol–water partition coefficient (Wildman–Crippen LogP) is 2.49. The molecule has 7 heteroatoms. The van der Waals surface area contributed by atoms with Crippen LogP contribution in [0.2, 0.25) is 0 Å². The number of oxazole rings is 1. The molecule has 0 N–H and O–H groups in total. The van der Waals surface area contributed by atoms with Crippen LogP contribution >= 0.6 is 15.9 Å². The van der Waals surface area contributed by atoms with Crippen LogP contribution in [-0.4, -0.2) is 24.5 Å². The predicted molar refractivity (Wildman–Crippen MR) is 84.6 cm³/mol. The van der Waals surface area contributed by atoms with Gasteiger partial charge in [0.2, 0.25) is 0 Å². The van der Waals surface area contributed by atoms with Crippen LogP contribution in [0.3, 0.4) is 0 Å². The smallest absolute Gasteiger partial charge is 0.408 e. The van der Waals surface area contributed by atoms with Crippen molar-refractivity contribution in [2.45, 2.75) is 24.7 Å². The zero-order valence-corrected chi connectivity index (χ0v) is 14.0. The SMILES string of the molecule is CCn1c(=O)oc2cc(C(Br)C3CCS(=O)(=O)C3)ccc21. The summed E-state index contributed by atoms with van der Waals surface area (Å²) in [5.41, 5.74) is 2.26. The summed E-state index contributed by atoms with van der Waals surface area (Å²) in [4.78, 5) is 11.7. The summed E-state index contributed by atoms with van der Waals surface area (Å²) in [6, 6.07) is 5.61. The van der Waals surface area contributed by atoms with E-state index in [-0.39, 0.29) is 28.0 Å². The fourth-order valence-corrected chi connectivity index (χ4v) is 5.70. The molecule has 5 nitrogen and oxygen atoms in total. The third-order valence-corrected chi connectivity index (χ3v) is 7.08. The molecule has 1 fully saturated rings. The zero-order valence-electron chi connectivity index (χ0n) is 11.6. The molecule has 1 saturated heterocycles. The summed E-state index contributed by atoms with van der Waals surface area (Å²) >= 11 is 3.60. The van der Waals surface area contributed by atoms with E-state index in [1.54, 1.807) is 4.57 Å². The quantitative estimate of drug-likeness (QED) is 0.774. The Morgan fingerprint density at radius 3 is 2.86 bits per heavy atom. The van der Waals surface area contributed by atoms with Crippen LogP contribution in [-0.2, 0) is 16.4 Å². The Balaban J connectivity index is 1.96. The third kappa shape index (κ3) is 2.68. The van der Waals surface area contributed by atoms with Crippen molar-refractivity contribution in [1.29, 1.82) is 0 Å². The molecular formula is C14H16BrNO4S. The summed E-state index contributed by atoms with van der Waals surface area (Å²) in [7, 11) is -2.91. The minimum Gasteiger partial charge on any atom is -0.408 e. The first-order chi connectivity index (χ1) is 9.91. The van der Waals surface area contributed by atoms with E-state index in [4.69, 9.17) is 4.42 Å². The van der Waals surface area contributed by atoms with Gasteiger partial charge in [-0.1, -0.05) is 22.0 Å². The molecule has 0 amide bonds. The van der Waals surface area contributed by atoms with Crippen molar-refractivity contribution >= 4 is 36.9 Å². The summed E-state index contributed by atoms with van der Waals surface area (Å²) in [6.07, 6.45) is 0.663. The number of fused-ring (bicyclic) bond motifs is 1. The van der Waals surface area contributed by atoms with E-state index in [9.17, 15) is 13.2 Å². The van der Waals surface area contributed by atoms with Crippen LogP contribution in [0.25, 0.3) is 11.1 Å². The van der Waals surface area contributed by atoms with E-state index < -0.39 is 9.84 Å². The van der Waals surface area contributed by atoms with Gasteiger partial charge in [-0.3, -0.25) is 4.57 Å². The Labute approximate surface area is 131 Å². The Hall–Kier alpha value is -1.08. The number of aryl methyl sites for hydroxylation is 1. The number of nitrogens with zero attached hydrogens (tertiary/aromatic N) is 1. The summed E-state index contributed by atoms with van der Waals surface area (Å²) in [6.45, 7) is 2.45. The van der Waals surface area contributed by atoms with Gasteiger partial charge in [-0.05, 0) is 37.0 Å². The topological polar surface area (TPSA) is 69.3 Å². The van der Waals surface area contributed by atoms with E-state index in [0.717, 1.165) is 11.1 Å². The molecule has 2 heterocycles. The molecule has 2 atom stereocenters. The average molecular weight is 374 g/mol. The van der Waals surface area contributed by atoms with Gasteiger partial charge >= 0.3 is 5.76 Å². The largest absolute Gasteiger partial charge is 0.419 e. The highest BCUT2D eigenvalue weighted by Crippen LogP contribution is 2.38.